The number of nitrogens with zero attached hydrogens (tertiary/aromatic N) is 1. The van der Waals surface area contributed by atoms with Crippen LogP contribution < -0.4 is 0 Å². The maximum Gasteiger partial charge on any atom is 0.246 e. The number of carbonyl (C=O) groups excluding carboxylic acids is 1. The van der Waals surface area contributed by atoms with Crippen molar-refractivity contribution in [3.63, 3.8) is 0 Å². The Bertz CT molecular complexity index is 597. The summed E-state index contributed by atoms with van der Waals surface area (Å²) in [6.45, 7) is 7.51. The minimum atomic E-state index is 0.000817. The first kappa shape index (κ1) is 17.0. The number of benzene rings is 2. The molecule has 0 aliphatic rings. The lowest BCUT2D eigenvalue weighted by Crippen LogP contribution is -2.28. The third-order valence-corrected chi connectivity index (χ3v) is 3.47. The molecule has 23 heavy (non-hydrogen) atoms. The van der Waals surface area contributed by atoms with Gasteiger partial charge in [-0.1, -0.05) is 87.5 Å². The number of rotatable bonds is 5. The monoisotopic (exact) mass is 307 g/mol. The van der Waals surface area contributed by atoms with E-state index in [0.29, 0.717) is 13.1 Å². The number of allylic oxidation sites excluding steroid dienone is 1. The van der Waals surface area contributed by atoms with Gasteiger partial charge in [0.2, 0.25) is 5.91 Å². The zero-order chi connectivity index (χ0) is 16.7. The topological polar surface area (TPSA) is 20.3 Å². The van der Waals surface area contributed by atoms with Crippen molar-refractivity contribution in [3.8, 4) is 0 Å². The average Bonchev–Trinajstić information content (AvgIpc) is 2.53. The van der Waals surface area contributed by atoms with E-state index >= 15 is 0 Å². The molecule has 2 rings (SSSR count). The van der Waals surface area contributed by atoms with E-state index < -0.39 is 0 Å². The van der Waals surface area contributed by atoms with Gasteiger partial charge in [0.15, 0.2) is 0 Å². The molecule has 120 valence electrons. The van der Waals surface area contributed by atoms with Crippen LogP contribution in [0.2, 0.25) is 0 Å². The third-order valence-electron chi connectivity index (χ3n) is 3.47. The van der Waals surface area contributed by atoms with Gasteiger partial charge in [-0.2, -0.15) is 0 Å². The number of hydrogen-bond acceptors (Lipinski definition) is 1. The van der Waals surface area contributed by atoms with Crippen LogP contribution >= 0.6 is 0 Å². The molecule has 2 nitrogen and oxygen atoms in total. The molecule has 0 aromatic heterocycles. The van der Waals surface area contributed by atoms with Crippen LogP contribution in [0.1, 0.15) is 31.9 Å². The van der Waals surface area contributed by atoms with E-state index in [9.17, 15) is 4.79 Å². The minimum Gasteiger partial charge on any atom is -0.331 e. The summed E-state index contributed by atoms with van der Waals surface area (Å²) in [5.41, 5.74) is 2.28. The summed E-state index contributed by atoms with van der Waals surface area (Å²) in [7, 11) is 0. The van der Waals surface area contributed by atoms with Gasteiger partial charge in [-0.3, -0.25) is 4.79 Å². The molecule has 0 aliphatic heterocycles. The number of hydrogen-bond donors (Lipinski definition) is 0. The second-order valence-corrected chi connectivity index (χ2v) is 6.86. The van der Waals surface area contributed by atoms with E-state index in [1.807, 2.05) is 47.4 Å². The summed E-state index contributed by atoms with van der Waals surface area (Å²) in [4.78, 5) is 14.5. The van der Waals surface area contributed by atoms with Gasteiger partial charge in [-0.05, 0) is 22.6 Å². The van der Waals surface area contributed by atoms with Crippen molar-refractivity contribution >= 4 is 5.91 Å². The molecule has 0 spiro atoms. The normalized spacial score (nSPS) is 11.6. The zero-order valence-corrected chi connectivity index (χ0v) is 14.2. The van der Waals surface area contributed by atoms with E-state index in [1.54, 1.807) is 6.08 Å². The molecule has 0 radical (unpaired) electrons. The highest BCUT2D eigenvalue weighted by molar-refractivity contribution is 5.87. The Hall–Kier alpha value is -2.35. The highest BCUT2D eigenvalue weighted by Crippen LogP contribution is 2.16. The Morgan fingerprint density at radius 3 is 1.70 bits per heavy atom. The predicted octanol–water partition coefficient (Wildman–Crippen LogP) is 4.82. The Balaban J connectivity index is 2.17. The smallest absolute Gasteiger partial charge is 0.246 e. The fraction of sp³-hybridized carbons (Fsp3) is 0.286. The van der Waals surface area contributed by atoms with Gasteiger partial charge < -0.3 is 4.90 Å². The molecular weight excluding hydrogens is 282 g/mol. The Morgan fingerprint density at radius 2 is 1.30 bits per heavy atom. The third kappa shape index (κ3) is 6.11. The van der Waals surface area contributed by atoms with Gasteiger partial charge in [0.05, 0.1) is 0 Å². The Labute approximate surface area is 139 Å². The summed E-state index contributed by atoms with van der Waals surface area (Å²) in [6, 6.07) is 20.2. The Kier molecular flexibility index (Phi) is 5.75. The van der Waals surface area contributed by atoms with Crippen molar-refractivity contribution in [2.45, 2.75) is 33.9 Å². The van der Waals surface area contributed by atoms with E-state index in [0.717, 1.165) is 11.1 Å². The maximum absolute atomic E-state index is 12.6. The molecule has 0 unspecified atom stereocenters. The fourth-order valence-electron chi connectivity index (χ4n) is 2.25. The Morgan fingerprint density at radius 1 is 0.870 bits per heavy atom. The molecule has 1 amide bonds. The maximum atomic E-state index is 12.6. The van der Waals surface area contributed by atoms with Crippen molar-refractivity contribution < 1.29 is 4.79 Å². The number of amides is 1. The molecule has 0 aliphatic carbocycles. The minimum absolute atomic E-state index is 0.000817. The van der Waals surface area contributed by atoms with Crippen LogP contribution in [0.15, 0.2) is 72.8 Å². The first-order chi connectivity index (χ1) is 10.9. The van der Waals surface area contributed by atoms with Gasteiger partial charge in [0.25, 0.3) is 0 Å². The van der Waals surface area contributed by atoms with E-state index in [1.165, 1.54) is 0 Å². The summed E-state index contributed by atoms with van der Waals surface area (Å²) in [6.07, 6.45) is 3.67. The molecule has 2 aromatic rings. The quantitative estimate of drug-likeness (QED) is 0.725. The van der Waals surface area contributed by atoms with Crippen molar-refractivity contribution in [2.24, 2.45) is 5.41 Å². The molecule has 0 N–H and O–H groups in total. The van der Waals surface area contributed by atoms with Crippen LogP contribution in [0.4, 0.5) is 0 Å². The van der Waals surface area contributed by atoms with Crippen LogP contribution in [-0.2, 0) is 17.9 Å². The predicted molar refractivity (Wildman–Crippen MR) is 95.7 cm³/mol. The van der Waals surface area contributed by atoms with Crippen LogP contribution in [0.3, 0.4) is 0 Å². The largest absolute Gasteiger partial charge is 0.331 e. The first-order valence-corrected chi connectivity index (χ1v) is 8.00. The lowest BCUT2D eigenvalue weighted by molar-refractivity contribution is -0.127. The molecule has 0 fully saturated rings. The second kappa shape index (κ2) is 7.77. The molecule has 0 bridgehead atoms. The van der Waals surface area contributed by atoms with Gasteiger partial charge >= 0.3 is 0 Å². The summed E-state index contributed by atoms with van der Waals surface area (Å²) < 4.78 is 0. The fourth-order valence-corrected chi connectivity index (χ4v) is 2.25. The van der Waals surface area contributed by atoms with Crippen molar-refractivity contribution in [3.05, 3.63) is 83.9 Å². The van der Waals surface area contributed by atoms with Gasteiger partial charge in [-0.25, -0.2) is 0 Å². The van der Waals surface area contributed by atoms with Crippen LogP contribution in [0, 0.1) is 5.41 Å². The molecule has 0 heterocycles. The molecule has 2 aromatic carbocycles. The van der Waals surface area contributed by atoms with Gasteiger partial charge in [0, 0.05) is 13.1 Å². The zero-order valence-electron chi connectivity index (χ0n) is 14.2. The summed E-state index contributed by atoms with van der Waals surface area (Å²) in [5, 5.41) is 0. The SMILES string of the molecule is CC(C)(C)/C=C\C(=O)N(Cc1ccccc1)Cc1ccccc1. The molecule has 2 heteroatoms. The molecular formula is C21H25NO. The highest BCUT2D eigenvalue weighted by Gasteiger charge is 2.13. The first-order valence-electron chi connectivity index (χ1n) is 8.00. The second-order valence-electron chi connectivity index (χ2n) is 6.86. The van der Waals surface area contributed by atoms with E-state index in [-0.39, 0.29) is 11.3 Å². The molecule has 0 saturated heterocycles. The van der Waals surface area contributed by atoms with Crippen LogP contribution in [-0.4, -0.2) is 10.8 Å². The number of carbonyl (C=O) groups is 1. The lowest BCUT2D eigenvalue weighted by Gasteiger charge is -2.22. The highest BCUT2D eigenvalue weighted by atomic mass is 16.2. The van der Waals surface area contributed by atoms with Crippen LogP contribution in [0.5, 0.6) is 0 Å². The summed E-state index contributed by atoms with van der Waals surface area (Å²) >= 11 is 0. The van der Waals surface area contributed by atoms with Crippen molar-refractivity contribution in [1.29, 1.82) is 0 Å². The lowest BCUT2D eigenvalue weighted by atomic mass is 9.96. The van der Waals surface area contributed by atoms with E-state index in [4.69, 9.17) is 0 Å². The van der Waals surface area contributed by atoms with Crippen LogP contribution in [0.25, 0.3) is 0 Å². The summed E-state index contributed by atoms with van der Waals surface area (Å²) in [5.74, 6) is 0.0487. The van der Waals surface area contributed by atoms with Crippen molar-refractivity contribution in [1.82, 2.24) is 4.90 Å². The van der Waals surface area contributed by atoms with E-state index in [2.05, 4.69) is 45.0 Å². The average molecular weight is 307 g/mol. The van der Waals surface area contributed by atoms with Crippen molar-refractivity contribution in [2.75, 3.05) is 0 Å². The molecule has 0 atom stereocenters. The standard InChI is InChI=1S/C21H25NO/c1-21(2,3)15-14-20(23)22(16-18-10-6-4-7-11-18)17-19-12-8-5-9-13-19/h4-15H,16-17H2,1-3H3/b15-14-. The molecule has 0 saturated carbocycles. The van der Waals surface area contributed by atoms with Gasteiger partial charge in [0.1, 0.15) is 0 Å². The van der Waals surface area contributed by atoms with Gasteiger partial charge in [-0.15, -0.1) is 0 Å².